The van der Waals surface area contributed by atoms with E-state index in [0.29, 0.717) is 6.54 Å². The molecule has 0 radical (unpaired) electrons. The van der Waals surface area contributed by atoms with Gasteiger partial charge in [0.1, 0.15) is 0 Å². The minimum Gasteiger partial charge on any atom is -0.396 e. The van der Waals surface area contributed by atoms with Crippen molar-refractivity contribution in [2.24, 2.45) is 0 Å². The van der Waals surface area contributed by atoms with Crippen LogP contribution in [0.3, 0.4) is 0 Å². The van der Waals surface area contributed by atoms with Crippen LogP contribution in [0, 0.1) is 13.8 Å². The van der Waals surface area contributed by atoms with Gasteiger partial charge in [-0.2, -0.15) is 5.10 Å². The summed E-state index contributed by atoms with van der Waals surface area (Å²) in [4.78, 5) is 0. The molecule has 0 aromatic carbocycles. The molecule has 1 aromatic heterocycles. The Morgan fingerprint density at radius 3 is 2.67 bits per heavy atom. The highest BCUT2D eigenvalue weighted by Crippen LogP contribution is 2.14. The number of halogens is 1. The second-order valence-corrected chi connectivity index (χ2v) is 2.88. The number of allylic oxidation sites excluding steroid dienone is 1. The Kier molecular flexibility index (Phi) is 2.76. The minimum atomic E-state index is 0.674. The van der Waals surface area contributed by atoms with E-state index in [0.717, 1.165) is 17.1 Å². The van der Waals surface area contributed by atoms with Gasteiger partial charge in [0.05, 0.1) is 23.6 Å². The third-order valence-corrected chi connectivity index (χ3v) is 1.98. The number of nitrogens with two attached hydrogens (primary N) is 1. The number of nitrogen functional groups attached to an aromatic ring is 1. The van der Waals surface area contributed by atoms with Crippen LogP contribution in [0.1, 0.15) is 11.4 Å². The van der Waals surface area contributed by atoms with Crippen molar-refractivity contribution < 1.29 is 0 Å². The van der Waals surface area contributed by atoms with E-state index in [9.17, 15) is 0 Å². The Bertz CT molecular complexity index is 301. The third kappa shape index (κ3) is 1.61. The molecule has 1 rings (SSSR count). The van der Waals surface area contributed by atoms with E-state index < -0.39 is 0 Å². The monoisotopic (exact) mass is 185 g/mol. The number of rotatable bonds is 2. The van der Waals surface area contributed by atoms with Gasteiger partial charge in [-0.15, -0.1) is 0 Å². The van der Waals surface area contributed by atoms with Crippen molar-refractivity contribution in [3.8, 4) is 0 Å². The molecule has 0 amide bonds. The third-order valence-electron chi connectivity index (χ3n) is 1.80. The fourth-order valence-electron chi connectivity index (χ4n) is 1.03. The lowest BCUT2D eigenvalue weighted by atomic mass is 10.3. The molecule has 0 aliphatic rings. The lowest BCUT2D eigenvalue weighted by Crippen LogP contribution is -2.00. The summed E-state index contributed by atoms with van der Waals surface area (Å²) in [5.74, 6) is 0. The molecule has 0 atom stereocenters. The number of hydrogen-bond acceptors (Lipinski definition) is 2. The van der Waals surface area contributed by atoms with E-state index in [1.807, 2.05) is 24.6 Å². The van der Waals surface area contributed by atoms with Crippen LogP contribution >= 0.6 is 11.6 Å². The highest BCUT2D eigenvalue weighted by Gasteiger charge is 2.05. The lowest BCUT2D eigenvalue weighted by Gasteiger charge is -1.98. The SMILES string of the molecule is Cc1nn(C/C=C/Cl)c(C)c1N. The average molecular weight is 186 g/mol. The summed E-state index contributed by atoms with van der Waals surface area (Å²) in [6, 6.07) is 0. The van der Waals surface area contributed by atoms with Gasteiger partial charge in [-0.05, 0) is 13.8 Å². The van der Waals surface area contributed by atoms with Crippen LogP contribution in [-0.4, -0.2) is 9.78 Å². The van der Waals surface area contributed by atoms with Crippen molar-refractivity contribution in [3.63, 3.8) is 0 Å². The molecule has 0 bridgehead atoms. The van der Waals surface area contributed by atoms with E-state index in [1.54, 1.807) is 0 Å². The molecule has 66 valence electrons. The van der Waals surface area contributed by atoms with Crippen LogP contribution in [0.25, 0.3) is 0 Å². The Balaban J connectivity index is 2.93. The first-order chi connectivity index (χ1) is 5.66. The molecular weight excluding hydrogens is 174 g/mol. The van der Waals surface area contributed by atoms with E-state index in [4.69, 9.17) is 17.3 Å². The maximum Gasteiger partial charge on any atom is 0.0826 e. The summed E-state index contributed by atoms with van der Waals surface area (Å²) in [5.41, 5.74) is 9.83. The van der Waals surface area contributed by atoms with Crippen molar-refractivity contribution in [1.29, 1.82) is 0 Å². The van der Waals surface area contributed by atoms with Gasteiger partial charge in [0.25, 0.3) is 0 Å². The maximum atomic E-state index is 5.73. The molecule has 12 heavy (non-hydrogen) atoms. The molecule has 4 heteroatoms. The fourth-order valence-corrected chi connectivity index (χ4v) is 1.11. The molecule has 0 unspecified atom stereocenters. The summed E-state index contributed by atoms with van der Waals surface area (Å²) in [5, 5.41) is 4.23. The van der Waals surface area contributed by atoms with Crippen LogP contribution in [0.4, 0.5) is 5.69 Å². The van der Waals surface area contributed by atoms with Gasteiger partial charge in [-0.25, -0.2) is 0 Å². The lowest BCUT2D eigenvalue weighted by molar-refractivity contribution is 0.673. The van der Waals surface area contributed by atoms with Crippen LogP contribution < -0.4 is 5.73 Å². The van der Waals surface area contributed by atoms with Crippen molar-refractivity contribution in [3.05, 3.63) is 23.0 Å². The number of nitrogens with zero attached hydrogens (tertiary/aromatic N) is 2. The van der Waals surface area contributed by atoms with Gasteiger partial charge in [0, 0.05) is 5.54 Å². The highest BCUT2D eigenvalue weighted by atomic mass is 35.5. The largest absolute Gasteiger partial charge is 0.396 e. The molecule has 0 spiro atoms. The number of aromatic nitrogens is 2. The Hall–Kier alpha value is -0.960. The standard InChI is InChI=1S/C8H12ClN3/c1-6-8(10)7(2)12(11-6)5-3-4-9/h3-4H,5,10H2,1-2H3/b4-3+. The van der Waals surface area contributed by atoms with Crippen LogP contribution in [0.5, 0.6) is 0 Å². The van der Waals surface area contributed by atoms with Gasteiger partial charge in [0.15, 0.2) is 0 Å². The zero-order chi connectivity index (χ0) is 9.14. The highest BCUT2D eigenvalue weighted by molar-refractivity contribution is 6.25. The fraction of sp³-hybridized carbons (Fsp3) is 0.375. The quantitative estimate of drug-likeness (QED) is 0.764. The second kappa shape index (κ2) is 3.63. The van der Waals surface area contributed by atoms with Crippen LogP contribution in [0.15, 0.2) is 11.6 Å². The van der Waals surface area contributed by atoms with Crippen molar-refractivity contribution in [2.45, 2.75) is 20.4 Å². The predicted octanol–water partition coefficient (Wildman–Crippen LogP) is 1.83. The topological polar surface area (TPSA) is 43.8 Å². The Morgan fingerprint density at radius 1 is 1.58 bits per heavy atom. The molecule has 2 N–H and O–H groups in total. The molecule has 1 heterocycles. The zero-order valence-electron chi connectivity index (χ0n) is 7.21. The first-order valence-electron chi connectivity index (χ1n) is 3.71. The summed E-state index contributed by atoms with van der Waals surface area (Å²) in [7, 11) is 0. The predicted molar refractivity (Wildman–Crippen MR) is 51.1 cm³/mol. The zero-order valence-corrected chi connectivity index (χ0v) is 7.97. The molecule has 3 nitrogen and oxygen atoms in total. The van der Waals surface area contributed by atoms with E-state index in [2.05, 4.69) is 5.10 Å². The van der Waals surface area contributed by atoms with Crippen LogP contribution in [0.2, 0.25) is 0 Å². The smallest absolute Gasteiger partial charge is 0.0826 e. The molecule has 0 aliphatic heterocycles. The first-order valence-corrected chi connectivity index (χ1v) is 4.15. The van der Waals surface area contributed by atoms with Gasteiger partial charge in [0.2, 0.25) is 0 Å². The van der Waals surface area contributed by atoms with E-state index in [1.165, 1.54) is 5.54 Å². The Labute approximate surface area is 76.8 Å². The molecule has 0 aliphatic carbocycles. The van der Waals surface area contributed by atoms with Gasteiger partial charge < -0.3 is 5.73 Å². The number of aryl methyl sites for hydroxylation is 1. The Morgan fingerprint density at radius 2 is 2.25 bits per heavy atom. The van der Waals surface area contributed by atoms with Gasteiger partial charge in [-0.3, -0.25) is 4.68 Å². The summed E-state index contributed by atoms with van der Waals surface area (Å²) >= 11 is 5.40. The first kappa shape index (κ1) is 9.13. The number of anilines is 1. The van der Waals surface area contributed by atoms with Crippen molar-refractivity contribution in [1.82, 2.24) is 9.78 Å². The summed E-state index contributed by atoms with van der Waals surface area (Å²) in [6.07, 6.45) is 1.82. The molecule has 1 aromatic rings. The van der Waals surface area contributed by atoms with Gasteiger partial charge in [-0.1, -0.05) is 17.7 Å². The summed E-state index contributed by atoms with van der Waals surface area (Å²) < 4.78 is 1.82. The van der Waals surface area contributed by atoms with E-state index >= 15 is 0 Å². The number of hydrogen-bond donors (Lipinski definition) is 1. The summed E-state index contributed by atoms with van der Waals surface area (Å²) in [6.45, 7) is 4.51. The second-order valence-electron chi connectivity index (χ2n) is 2.63. The molecule has 0 fully saturated rings. The maximum absolute atomic E-state index is 5.73. The minimum absolute atomic E-state index is 0.674. The van der Waals surface area contributed by atoms with E-state index in [-0.39, 0.29) is 0 Å². The normalized spacial score (nSPS) is 11.2. The average Bonchev–Trinajstić information content (AvgIpc) is 2.30. The molecule has 0 saturated heterocycles. The molecular formula is C8H12ClN3. The van der Waals surface area contributed by atoms with Crippen LogP contribution in [-0.2, 0) is 6.54 Å². The molecule has 0 saturated carbocycles. The van der Waals surface area contributed by atoms with Crippen molar-refractivity contribution in [2.75, 3.05) is 5.73 Å². The van der Waals surface area contributed by atoms with Crippen molar-refractivity contribution >= 4 is 17.3 Å². The van der Waals surface area contributed by atoms with Gasteiger partial charge >= 0.3 is 0 Å².